The van der Waals surface area contributed by atoms with E-state index in [1.165, 1.54) is 11.1 Å². The zero-order chi connectivity index (χ0) is 13.1. The van der Waals surface area contributed by atoms with E-state index in [1.54, 1.807) is 4.90 Å². The van der Waals surface area contributed by atoms with Gasteiger partial charge in [-0.25, -0.2) is 0 Å². The van der Waals surface area contributed by atoms with Crippen molar-refractivity contribution in [3.05, 3.63) is 29.3 Å². The number of hydrogen-bond acceptors (Lipinski definition) is 2. The molecule has 0 aliphatic carbocycles. The molecule has 1 aromatic carbocycles. The lowest BCUT2D eigenvalue weighted by molar-refractivity contribution is -0.118. The van der Waals surface area contributed by atoms with Gasteiger partial charge in [-0.3, -0.25) is 9.59 Å². The van der Waals surface area contributed by atoms with Gasteiger partial charge in [0.15, 0.2) is 0 Å². The highest BCUT2D eigenvalue weighted by molar-refractivity contribution is 9.18. The van der Waals surface area contributed by atoms with Crippen LogP contribution in [0.15, 0.2) is 18.2 Å². The standard InChI is InChI=1S/C13H15BrN2O2/c1-16-11-4-2-9(6-7-15-13(14)18)8-10(11)3-5-12(16)17/h2,4,8H,3,5-7H2,1H3,(H,15,18). The number of anilines is 1. The highest BCUT2D eigenvalue weighted by atomic mass is 79.9. The Kier molecular flexibility index (Phi) is 4.01. The van der Waals surface area contributed by atoms with Gasteiger partial charge in [0, 0.05) is 41.6 Å². The second-order valence-electron chi connectivity index (χ2n) is 4.37. The SMILES string of the molecule is CN1C(=O)CCc2cc(CCNC(=O)Br)ccc21. The summed E-state index contributed by atoms with van der Waals surface area (Å²) in [5.74, 6) is 0.168. The van der Waals surface area contributed by atoms with E-state index in [2.05, 4.69) is 27.3 Å². The second-order valence-corrected chi connectivity index (χ2v) is 5.09. The predicted octanol–water partition coefficient (Wildman–Crippen LogP) is 2.24. The second kappa shape index (κ2) is 5.52. The first kappa shape index (κ1) is 13.1. The van der Waals surface area contributed by atoms with E-state index in [1.807, 2.05) is 19.2 Å². The van der Waals surface area contributed by atoms with Crippen LogP contribution in [-0.2, 0) is 17.6 Å². The number of hydrogen-bond donors (Lipinski definition) is 1. The van der Waals surface area contributed by atoms with Gasteiger partial charge >= 0.3 is 0 Å². The lowest BCUT2D eigenvalue weighted by atomic mass is 9.98. The number of nitrogens with one attached hydrogen (secondary N) is 1. The number of amides is 2. The minimum absolute atomic E-state index is 0.168. The summed E-state index contributed by atoms with van der Waals surface area (Å²) in [6, 6.07) is 6.12. The van der Waals surface area contributed by atoms with E-state index >= 15 is 0 Å². The normalized spacial score (nSPS) is 14.3. The number of fused-ring (bicyclic) bond motifs is 1. The molecule has 1 aliphatic heterocycles. The van der Waals surface area contributed by atoms with Crippen LogP contribution in [0, 0.1) is 0 Å². The fraction of sp³-hybridized carbons (Fsp3) is 0.385. The van der Waals surface area contributed by atoms with Gasteiger partial charge in [-0.2, -0.15) is 0 Å². The van der Waals surface area contributed by atoms with Crippen LogP contribution >= 0.6 is 15.9 Å². The molecule has 0 atom stereocenters. The van der Waals surface area contributed by atoms with Crippen molar-refractivity contribution in [1.82, 2.24) is 5.32 Å². The van der Waals surface area contributed by atoms with Gasteiger partial charge in [-0.15, -0.1) is 0 Å². The van der Waals surface area contributed by atoms with Crippen LogP contribution in [0.3, 0.4) is 0 Å². The summed E-state index contributed by atoms with van der Waals surface area (Å²) in [7, 11) is 1.81. The molecule has 4 nitrogen and oxygen atoms in total. The summed E-state index contributed by atoms with van der Waals surface area (Å²) >= 11 is 2.83. The molecule has 0 unspecified atom stereocenters. The molecule has 96 valence electrons. The highest BCUT2D eigenvalue weighted by Crippen LogP contribution is 2.27. The lowest BCUT2D eigenvalue weighted by Gasteiger charge is -2.26. The molecular formula is C13H15BrN2O2. The average molecular weight is 311 g/mol. The minimum atomic E-state index is -0.189. The Morgan fingerprint density at radius 2 is 2.22 bits per heavy atom. The van der Waals surface area contributed by atoms with Gasteiger partial charge in [-0.05, 0) is 30.0 Å². The number of rotatable bonds is 3. The first-order valence-corrected chi connectivity index (χ1v) is 6.69. The molecule has 1 aliphatic rings. The van der Waals surface area contributed by atoms with Gasteiger partial charge < -0.3 is 10.2 Å². The Bertz CT molecular complexity index is 488. The van der Waals surface area contributed by atoms with E-state index in [9.17, 15) is 9.59 Å². The molecule has 0 saturated heterocycles. The number of benzene rings is 1. The number of nitrogens with zero attached hydrogens (tertiary/aromatic N) is 1. The topological polar surface area (TPSA) is 49.4 Å². The molecule has 0 aromatic heterocycles. The number of aryl methyl sites for hydroxylation is 1. The first-order chi connectivity index (χ1) is 8.58. The summed E-state index contributed by atoms with van der Waals surface area (Å²) in [5, 5.41) is 2.70. The Morgan fingerprint density at radius 3 is 2.94 bits per heavy atom. The summed E-state index contributed by atoms with van der Waals surface area (Å²) in [6.45, 7) is 0.609. The molecular weight excluding hydrogens is 296 g/mol. The van der Waals surface area contributed by atoms with Crippen LogP contribution in [0.2, 0.25) is 0 Å². The Hall–Kier alpha value is -1.36. The third kappa shape index (κ3) is 2.90. The lowest BCUT2D eigenvalue weighted by Crippen LogP contribution is -2.31. The van der Waals surface area contributed by atoms with Crippen LogP contribution < -0.4 is 10.2 Å². The molecule has 18 heavy (non-hydrogen) atoms. The molecule has 0 spiro atoms. The highest BCUT2D eigenvalue weighted by Gasteiger charge is 2.20. The quantitative estimate of drug-likeness (QED) is 0.687. The molecule has 1 aromatic rings. The summed E-state index contributed by atoms with van der Waals surface area (Å²) < 4.78 is 0. The van der Waals surface area contributed by atoms with Gasteiger partial charge in [0.05, 0.1) is 0 Å². The van der Waals surface area contributed by atoms with Crippen molar-refractivity contribution in [2.45, 2.75) is 19.3 Å². The van der Waals surface area contributed by atoms with Crippen molar-refractivity contribution in [3.8, 4) is 0 Å². The van der Waals surface area contributed by atoms with Crippen LogP contribution in [0.4, 0.5) is 10.5 Å². The summed E-state index contributed by atoms with van der Waals surface area (Å²) in [4.78, 5) is 23.8. The maximum Gasteiger partial charge on any atom is 0.287 e. The number of halogens is 1. The third-order valence-corrected chi connectivity index (χ3v) is 3.45. The van der Waals surface area contributed by atoms with Crippen molar-refractivity contribution in [2.75, 3.05) is 18.5 Å². The monoisotopic (exact) mass is 310 g/mol. The molecule has 2 rings (SSSR count). The van der Waals surface area contributed by atoms with Crippen molar-refractivity contribution in [2.24, 2.45) is 0 Å². The van der Waals surface area contributed by atoms with Crippen molar-refractivity contribution >= 4 is 32.3 Å². The largest absolute Gasteiger partial charge is 0.346 e. The smallest absolute Gasteiger partial charge is 0.287 e. The van der Waals surface area contributed by atoms with Crippen LogP contribution in [0.1, 0.15) is 17.5 Å². The van der Waals surface area contributed by atoms with Crippen LogP contribution in [0.25, 0.3) is 0 Å². The maximum atomic E-state index is 11.6. The van der Waals surface area contributed by atoms with E-state index < -0.39 is 0 Å². The molecule has 0 bridgehead atoms. The third-order valence-electron chi connectivity index (χ3n) is 3.17. The first-order valence-electron chi connectivity index (χ1n) is 5.89. The molecule has 1 N–H and O–H groups in total. The van der Waals surface area contributed by atoms with Gasteiger partial charge in [-0.1, -0.05) is 12.1 Å². The maximum absolute atomic E-state index is 11.6. The van der Waals surface area contributed by atoms with Crippen molar-refractivity contribution < 1.29 is 9.59 Å². The molecule has 0 fully saturated rings. The van der Waals surface area contributed by atoms with Crippen molar-refractivity contribution in [3.63, 3.8) is 0 Å². The zero-order valence-electron chi connectivity index (χ0n) is 10.2. The average Bonchev–Trinajstić information content (AvgIpc) is 2.33. The fourth-order valence-electron chi connectivity index (χ4n) is 2.17. The fourth-order valence-corrected chi connectivity index (χ4v) is 2.37. The molecule has 0 saturated carbocycles. The number of carbonyl (C=O) groups is 2. The Morgan fingerprint density at radius 1 is 1.44 bits per heavy atom. The number of carbonyl (C=O) groups excluding carboxylic acids is 2. The minimum Gasteiger partial charge on any atom is -0.346 e. The van der Waals surface area contributed by atoms with E-state index in [0.29, 0.717) is 13.0 Å². The van der Waals surface area contributed by atoms with Crippen LogP contribution in [-0.4, -0.2) is 24.3 Å². The molecule has 2 amide bonds. The van der Waals surface area contributed by atoms with E-state index in [-0.39, 0.29) is 10.7 Å². The molecule has 5 heteroatoms. The Labute approximate surface area is 114 Å². The summed E-state index contributed by atoms with van der Waals surface area (Å²) in [5.41, 5.74) is 3.39. The molecule has 1 heterocycles. The van der Waals surface area contributed by atoms with Gasteiger partial charge in [0.25, 0.3) is 4.82 Å². The van der Waals surface area contributed by atoms with Crippen molar-refractivity contribution in [1.29, 1.82) is 0 Å². The predicted molar refractivity (Wildman–Crippen MR) is 74.2 cm³/mol. The van der Waals surface area contributed by atoms with E-state index in [0.717, 1.165) is 18.5 Å². The van der Waals surface area contributed by atoms with Crippen LogP contribution in [0.5, 0.6) is 0 Å². The summed E-state index contributed by atoms with van der Waals surface area (Å²) in [6.07, 6.45) is 2.17. The van der Waals surface area contributed by atoms with Gasteiger partial charge in [0.1, 0.15) is 0 Å². The zero-order valence-corrected chi connectivity index (χ0v) is 11.8. The molecule has 0 radical (unpaired) electrons. The van der Waals surface area contributed by atoms with E-state index in [4.69, 9.17) is 0 Å². The Balaban J connectivity index is 2.08. The van der Waals surface area contributed by atoms with Gasteiger partial charge in [0.2, 0.25) is 5.91 Å².